The zero-order valence-corrected chi connectivity index (χ0v) is 20.3. The van der Waals surface area contributed by atoms with Crippen molar-refractivity contribution < 1.29 is 17.9 Å². The smallest absolute Gasteiger partial charge is 0.227 e. The van der Waals surface area contributed by atoms with Crippen molar-refractivity contribution in [3.63, 3.8) is 0 Å². The van der Waals surface area contributed by atoms with Crippen LogP contribution in [0.5, 0.6) is 0 Å². The third-order valence-electron chi connectivity index (χ3n) is 6.26. The van der Waals surface area contributed by atoms with Gasteiger partial charge in [-0.2, -0.15) is 0 Å². The Morgan fingerprint density at radius 2 is 1.74 bits per heavy atom. The monoisotopic (exact) mass is 451 g/mol. The summed E-state index contributed by atoms with van der Waals surface area (Å²) in [6.45, 7) is 12.3. The highest BCUT2D eigenvalue weighted by Gasteiger charge is 2.33. The van der Waals surface area contributed by atoms with Gasteiger partial charge < -0.3 is 14.5 Å². The van der Waals surface area contributed by atoms with Crippen molar-refractivity contribution in [1.29, 1.82) is 0 Å². The lowest BCUT2D eigenvalue weighted by Crippen LogP contribution is -2.45. The molecule has 2 aliphatic heterocycles. The number of amides is 1. The summed E-state index contributed by atoms with van der Waals surface area (Å²) in [7, 11) is -3.13. The van der Waals surface area contributed by atoms with E-state index in [2.05, 4.69) is 23.7 Å². The standard InChI is InChI=1S/C23H37N3O4S/c1-17-14-26(15-18(2)30-17)21-7-6-20(13-24-21)12-22(27)25-10-8-19(9-11-25)16-31(28,29)23(3,4)5/h6-7,13,17-19H,8-12,14-16H2,1-5H3/t17-,18+. The van der Waals surface area contributed by atoms with Gasteiger partial charge in [0.1, 0.15) is 5.82 Å². The molecule has 1 aromatic heterocycles. The van der Waals surface area contributed by atoms with Crippen molar-refractivity contribution in [3.8, 4) is 0 Å². The van der Waals surface area contributed by atoms with Crippen molar-refractivity contribution in [2.45, 2.75) is 70.8 Å². The van der Waals surface area contributed by atoms with E-state index in [4.69, 9.17) is 4.74 Å². The van der Waals surface area contributed by atoms with E-state index in [0.717, 1.165) is 37.3 Å². The molecule has 0 N–H and O–H groups in total. The lowest BCUT2D eigenvalue weighted by molar-refractivity contribution is -0.131. The first-order valence-electron chi connectivity index (χ1n) is 11.3. The molecule has 2 saturated heterocycles. The molecule has 2 fully saturated rings. The Morgan fingerprint density at radius 3 is 2.26 bits per heavy atom. The van der Waals surface area contributed by atoms with Crippen LogP contribution in [0.3, 0.4) is 0 Å². The topological polar surface area (TPSA) is 79.8 Å². The summed E-state index contributed by atoms with van der Waals surface area (Å²) in [5.74, 6) is 1.34. The van der Waals surface area contributed by atoms with Crippen LogP contribution < -0.4 is 4.90 Å². The van der Waals surface area contributed by atoms with Gasteiger partial charge in [-0.3, -0.25) is 4.79 Å². The maximum absolute atomic E-state index is 12.7. The molecule has 0 unspecified atom stereocenters. The lowest BCUT2D eigenvalue weighted by Gasteiger charge is -2.36. The van der Waals surface area contributed by atoms with Crippen LogP contribution >= 0.6 is 0 Å². The molecular weight excluding hydrogens is 414 g/mol. The summed E-state index contributed by atoms with van der Waals surface area (Å²) in [5.41, 5.74) is 0.903. The number of aromatic nitrogens is 1. The molecule has 0 aromatic carbocycles. The number of sulfone groups is 1. The molecule has 2 atom stereocenters. The number of hydrogen-bond acceptors (Lipinski definition) is 6. The summed E-state index contributed by atoms with van der Waals surface area (Å²) in [6, 6.07) is 3.96. The molecule has 0 bridgehead atoms. The summed E-state index contributed by atoms with van der Waals surface area (Å²) in [5, 5.41) is 0. The van der Waals surface area contributed by atoms with Crippen LogP contribution in [0.1, 0.15) is 53.0 Å². The molecule has 2 aliphatic rings. The number of carbonyl (C=O) groups is 1. The van der Waals surface area contributed by atoms with Crippen LogP contribution in [0.25, 0.3) is 0 Å². The van der Waals surface area contributed by atoms with Crippen LogP contribution in [0.2, 0.25) is 0 Å². The first kappa shape index (κ1) is 24.0. The van der Waals surface area contributed by atoms with E-state index in [-0.39, 0.29) is 29.8 Å². The van der Waals surface area contributed by atoms with E-state index in [1.54, 1.807) is 27.0 Å². The first-order chi connectivity index (χ1) is 14.4. The maximum atomic E-state index is 12.7. The molecule has 3 rings (SSSR count). The minimum absolute atomic E-state index is 0.0836. The third-order valence-corrected chi connectivity index (χ3v) is 9.04. The van der Waals surface area contributed by atoms with E-state index in [1.165, 1.54) is 0 Å². The van der Waals surface area contributed by atoms with E-state index < -0.39 is 14.6 Å². The zero-order valence-electron chi connectivity index (χ0n) is 19.5. The second-order valence-corrected chi connectivity index (χ2v) is 12.9. The second-order valence-electron chi connectivity index (χ2n) is 10.1. The van der Waals surface area contributed by atoms with E-state index in [0.29, 0.717) is 19.5 Å². The Hall–Kier alpha value is -1.67. The third kappa shape index (κ3) is 6.19. The van der Waals surface area contributed by atoms with Gasteiger partial charge in [-0.15, -0.1) is 0 Å². The molecule has 0 saturated carbocycles. The molecule has 0 aliphatic carbocycles. The average Bonchev–Trinajstić information content (AvgIpc) is 2.67. The highest BCUT2D eigenvalue weighted by molar-refractivity contribution is 7.92. The number of morpholine rings is 1. The van der Waals surface area contributed by atoms with Gasteiger partial charge in [0, 0.05) is 32.4 Å². The van der Waals surface area contributed by atoms with Gasteiger partial charge in [-0.25, -0.2) is 13.4 Å². The molecular formula is C23H37N3O4S. The number of likely N-dealkylation sites (tertiary alicyclic amines) is 1. The normalized spacial score (nSPS) is 23.8. The second kappa shape index (κ2) is 9.45. The molecule has 3 heterocycles. The summed E-state index contributed by atoms with van der Waals surface area (Å²) in [6.07, 6.45) is 3.95. The number of ether oxygens (including phenoxy) is 1. The summed E-state index contributed by atoms with van der Waals surface area (Å²) in [4.78, 5) is 21.4. The molecule has 0 radical (unpaired) electrons. The van der Waals surface area contributed by atoms with Crippen LogP contribution in [-0.4, -0.2) is 73.1 Å². The van der Waals surface area contributed by atoms with Gasteiger partial charge in [0.2, 0.25) is 5.91 Å². The first-order valence-corrected chi connectivity index (χ1v) is 13.0. The van der Waals surface area contributed by atoms with Gasteiger partial charge in [-0.05, 0) is 65.0 Å². The predicted molar refractivity (Wildman–Crippen MR) is 123 cm³/mol. The molecule has 174 valence electrons. The number of pyridine rings is 1. The maximum Gasteiger partial charge on any atom is 0.227 e. The Morgan fingerprint density at radius 1 is 1.13 bits per heavy atom. The molecule has 0 spiro atoms. The fourth-order valence-electron chi connectivity index (χ4n) is 4.27. The Bertz CT molecular complexity index is 846. The predicted octanol–water partition coefficient (Wildman–Crippen LogP) is 2.69. The SMILES string of the molecule is C[C@@H]1CN(c2ccc(CC(=O)N3CCC(CS(=O)(=O)C(C)(C)C)CC3)cn2)C[C@H](C)O1. The van der Waals surface area contributed by atoms with Gasteiger partial charge in [-0.1, -0.05) is 6.07 Å². The van der Waals surface area contributed by atoms with Crippen LogP contribution in [0, 0.1) is 5.92 Å². The zero-order chi connectivity index (χ0) is 22.8. The number of nitrogens with zero attached hydrogens (tertiary/aromatic N) is 3. The Kier molecular flexibility index (Phi) is 7.31. The average molecular weight is 452 g/mol. The van der Waals surface area contributed by atoms with Crippen molar-refractivity contribution in [3.05, 3.63) is 23.9 Å². The molecule has 8 heteroatoms. The van der Waals surface area contributed by atoms with E-state index in [1.807, 2.05) is 17.0 Å². The van der Waals surface area contributed by atoms with Gasteiger partial charge in [0.15, 0.2) is 9.84 Å². The number of rotatable bonds is 5. The molecule has 7 nitrogen and oxygen atoms in total. The van der Waals surface area contributed by atoms with Crippen LogP contribution in [0.15, 0.2) is 18.3 Å². The van der Waals surface area contributed by atoms with Gasteiger partial charge >= 0.3 is 0 Å². The van der Waals surface area contributed by atoms with E-state index >= 15 is 0 Å². The summed E-state index contributed by atoms with van der Waals surface area (Å²) < 4.78 is 30.0. The van der Waals surface area contributed by atoms with Crippen molar-refractivity contribution in [1.82, 2.24) is 9.88 Å². The Labute approximate surface area is 187 Å². The van der Waals surface area contributed by atoms with E-state index in [9.17, 15) is 13.2 Å². The largest absolute Gasteiger partial charge is 0.372 e. The van der Waals surface area contributed by atoms with Crippen LogP contribution in [0.4, 0.5) is 5.82 Å². The highest BCUT2D eigenvalue weighted by Crippen LogP contribution is 2.25. The number of anilines is 1. The number of piperidine rings is 1. The lowest BCUT2D eigenvalue weighted by atomic mass is 9.98. The van der Waals surface area contributed by atoms with Crippen molar-refractivity contribution >= 4 is 21.6 Å². The molecule has 1 aromatic rings. The van der Waals surface area contributed by atoms with Gasteiger partial charge in [0.25, 0.3) is 0 Å². The fraction of sp³-hybridized carbons (Fsp3) is 0.739. The molecule has 1 amide bonds. The highest BCUT2D eigenvalue weighted by atomic mass is 32.2. The number of hydrogen-bond donors (Lipinski definition) is 0. The van der Waals surface area contributed by atoms with Crippen molar-refractivity contribution in [2.24, 2.45) is 5.92 Å². The fourth-order valence-corrected chi connectivity index (χ4v) is 5.72. The number of carbonyl (C=O) groups excluding carboxylic acids is 1. The summed E-state index contributed by atoms with van der Waals surface area (Å²) >= 11 is 0. The Balaban J connectivity index is 1.50. The van der Waals surface area contributed by atoms with Crippen LogP contribution in [-0.2, 0) is 25.8 Å². The minimum atomic E-state index is -3.13. The van der Waals surface area contributed by atoms with Crippen molar-refractivity contribution in [2.75, 3.05) is 36.8 Å². The molecule has 31 heavy (non-hydrogen) atoms. The van der Waals surface area contributed by atoms with Gasteiger partial charge in [0.05, 0.1) is 29.1 Å². The quantitative estimate of drug-likeness (QED) is 0.685. The minimum Gasteiger partial charge on any atom is -0.372 e.